The fourth-order valence-electron chi connectivity index (χ4n) is 2.10. The average molecular weight is 287 g/mol. The zero-order valence-corrected chi connectivity index (χ0v) is 12.7. The van der Waals surface area contributed by atoms with Gasteiger partial charge in [-0.05, 0) is 49.1 Å². The summed E-state index contributed by atoms with van der Waals surface area (Å²) < 4.78 is 5.83. The van der Waals surface area contributed by atoms with Crippen LogP contribution >= 0.6 is 11.3 Å². The summed E-state index contributed by atoms with van der Waals surface area (Å²) >= 11 is 1.84. The van der Waals surface area contributed by atoms with Gasteiger partial charge in [0, 0.05) is 22.3 Å². The Kier molecular flexibility index (Phi) is 4.38. The van der Waals surface area contributed by atoms with Gasteiger partial charge in [0.1, 0.15) is 12.4 Å². The van der Waals surface area contributed by atoms with E-state index in [1.165, 1.54) is 28.2 Å². The van der Waals surface area contributed by atoms with E-state index in [1.54, 1.807) is 0 Å². The van der Waals surface area contributed by atoms with Gasteiger partial charge in [0.15, 0.2) is 0 Å². The molecule has 1 N–H and O–H groups in total. The molecule has 0 aliphatic heterocycles. The minimum absolute atomic E-state index is 0.671. The second kappa shape index (κ2) is 6.42. The first-order chi connectivity index (χ1) is 9.83. The molecule has 0 atom stereocenters. The number of hydrogen-bond acceptors (Lipinski definition) is 3. The van der Waals surface area contributed by atoms with E-state index in [4.69, 9.17) is 4.74 Å². The van der Waals surface area contributed by atoms with Crippen molar-refractivity contribution in [1.82, 2.24) is 5.32 Å². The topological polar surface area (TPSA) is 21.3 Å². The number of hydrogen-bond donors (Lipinski definition) is 1. The molecule has 1 saturated carbocycles. The molecule has 3 rings (SSSR count). The van der Waals surface area contributed by atoms with E-state index in [1.807, 2.05) is 11.3 Å². The molecular formula is C17H21NOS. The summed E-state index contributed by atoms with van der Waals surface area (Å²) in [7, 11) is 0. The van der Waals surface area contributed by atoms with Gasteiger partial charge >= 0.3 is 0 Å². The maximum atomic E-state index is 5.83. The van der Waals surface area contributed by atoms with Crippen molar-refractivity contribution in [3.05, 3.63) is 51.7 Å². The highest BCUT2D eigenvalue weighted by atomic mass is 32.1. The van der Waals surface area contributed by atoms with Crippen LogP contribution in [0.3, 0.4) is 0 Å². The lowest BCUT2D eigenvalue weighted by Crippen LogP contribution is -2.15. The van der Waals surface area contributed by atoms with Crippen molar-refractivity contribution in [2.75, 3.05) is 0 Å². The summed E-state index contributed by atoms with van der Waals surface area (Å²) in [6.45, 7) is 3.82. The van der Waals surface area contributed by atoms with Crippen molar-refractivity contribution in [2.24, 2.45) is 0 Å². The van der Waals surface area contributed by atoms with E-state index in [0.29, 0.717) is 6.61 Å². The van der Waals surface area contributed by atoms with Crippen LogP contribution in [0.5, 0.6) is 5.75 Å². The van der Waals surface area contributed by atoms with E-state index >= 15 is 0 Å². The molecule has 106 valence electrons. The van der Waals surface area contributed by atoms with E-state index in [2.05, 4.69) is 48.6 Å². The number of thiophene rings is 1. The Hall–Kier alpha value is -1.32. The van der Waals surface area contributed by atoms with E-state index in [-0.39, 0.29) is 0 Å². The van der Waals surface area contributed by atoms with Gasteiger partial charge in [-0.1, -0.05) is 19.1 Å². The van der Waals surface area contributed by atoms with Crippen molar-refractivity contribution < 1.29 is 4.74 Å². The fourth-order valence-corrected chi connectivity index (χ4v) is 2.97. The quantitative estimate of drug-likeness (QED) is 0.826. The molecule has 1 aromatic carbocycles. The molecule has 1 heterocycles. The van der Waals surface area contributed by atoms with Gasteiger partial charge in [-0.15, -0.1) is 11.3 Å². The average Bonchev–Trinajstić information content (AvgIpc) is 3.21. The van der Waals surface area contributed by atoms with Gasteiger partial charge in [-0.2, -0.15) is 0 Å². The molecule has 0 amide bonds. The first kappa shape index (κ1) is 13.7. The van der Waals surface area contributed by atoms with Crippen molar-refractivity contribution in [2.45, 2.75) is 45.4 Å². The van der Waals surface area contributed by atoms with E-state index in [9.17, 15) is 0 Å². The molecule has 1 aliphatic rings. The van der Waals surface area contributed by atoms with Crippen LogP contribution in [0, 0.1) is 0 Å². The fraction of sp³-hybridized carbons (Fsp3) is 0.412. The third-order valence-corrected chi connectivity index (χ3v) is 4.75. The summed E-state index contributed by atoms with van der Waals surface area (Å²) in [5, 5.41) is 3.52. The Labute approximate surface area is 124 Å². The molecular weight excluding hydrogens is 266 g/mol. The van der Waals surface area contributed by atoms with Crippen molar-refractivity contribution in [3.8, 4) is 5.75 Å². The molecule has 0 radical (unpaired) electrons. The Morgan fingerprint density at radius 1 is 1.10 bits per heavy atom. The first-order valence-electron chi connectivity index (χ1n) is 7.36. The molecule has 2 aromatic rings. The number of nitrogens with one attached hydrogen (secondary N) is 1. The number of aryl methyl sites for hydroxylation is 1. The van der Waals surface area contributed by atoms with Crippen molar-refractivity contribution >= 4 is 11.3 Å². The molecule has 0 spiro atoms. The molecule has 1 aliphatic carbocycles. The SMILES string of the molecule is CCc1ccc(COc2ccc(CNC3CC3)cc2)s1. The maximum Gasteiger partial charge on any atom is 0.122 e. The normalized spacial score (nSPS) is 14.4. The van der Waals surface area contributed by atoms with Crippen molar-refractivity contribution in [3.63, 3.8) is 0 Å². The summed E-state index contributed by atoms with van der Waals surface area (Å²) in [4.78, 5) is 2.71. The van der Waals surface area contributed by atoms with Crippen LogP contribution in [0.25, 0.3) is 0 Å². The van der Waals surface area contributed by atoms with Gasteiger partial charge in [0.25, 0.3) is 0 Å². The molecule has 0 bridgehead atoms. The largest absolute Gasteiger partial charge is 0.488 e. The zero-order chi connectivity index (χ0) is 13.8. The van der Waals surface area contributed by atoms with Gasteiger partial charge in [-0.3, -0.25) is 0 Å². The predicted octanol–water partition coefficient (Wildman–Crippen LogP) is 4.14. The van der Waals surface area contributed by atoms with E-state index < -0.39 is 0 Å². The van der Waals surface area contributed by atoms with Crippen LogP contribution in [-0.4, -0.2) is 6.04 Å². The molecule has 20 heavy (non-hydrogen) atoms. The van der Waals surface area contributed by atoms with Gasteiger partial charge in [0.05, 0.1) is 0 Å². The number of ether oxygens (including phenoxy) is 1. The molecule has 3 heteroatoms. The Morgan fingerprint density at radius 2 is 1.85 bits per heavy atom. The third kappa shape index (κ3) is 3.84. The summed E-state index contributed by atoms with van der Waals surface area (Å²) in [6, 6.07) is 13.6. The Bertz CT molecular complexity index is 542. The van der Waals surface area contributed by atoms with Crippen molar-refractivity contribution in [1.29, 1.82) is 0 Å². The van der Waals surface area contributed by atoms with Crippen LogP contribution in [0.2, 0.25) is 0 Å². The van der Waals surface area contributed by atoms with Crippen LogP contribution in [-0.2, 0) is 19.6 Å². The van der Waals surface area contributed by atoms with Crippen LogP contribution in [0.1, 0.15) is 35.1 Å². The molecule has 1 fully saturated rings. The minimum atomic E-state index is 0.671. The summed E-state index contributed by atoms with van der Waals surface area (Å²) in [5.74, 6) is 0.951. The second-order valence-corrected chi connectivity index (χ2v) is 6.56. The van der Waals surface area contributed by atoms with E-state index in [0.717, 1.165) is 24.8 Å². The van der Waals surface area contributed by atoms with Crippen LogP contribution < -0.4 is 10.1 Å². The highest BCUT2D eigenvalue weighted by Crippen LogP contribution is 2.21. The van der Waals surface area contributed by atoms with Crippen LogP contribution in [0.4, 0.5) is 0 Å². The predicted molar refractivity (Wildman–Crippen MR) is 84.3 cm³/mol. The van der Waals surface area contributed by atoms with Gasteiger partial charge < -0.3 is 10.1 Å². The Morgan fingerprint density at radius 3 is 2.50 bits per heavy atom. The zero-order valence-electron chi connectivity index (χ0n) is 11.9. The highest BCUT2D eigenvalue weighted by molar-refractivity contribution is 7.11. The number of benzene rings is 1. The maximum absolute atomic E-state index is 5.83. The first-order valence-corrected chi connectivity index (χ1v) is 8.18. The van der Waals surface area contributed by atoms with Gasteiger partial charge in [-0.25, -0.2) is 0 Å². The lowest BCUT2D eigenvalue weighted by molar-refractivity contribution is 0.309. The Balaban J connectivity index is 1.49. The molecule has 2 nitrogen and oxygen atoms in total. The molecule has 1 aromatic heterocycles. The lowest BCUT2D eigenvalue weighted by atomic mass is 10.2. The molecule has 0 unspecified atom stereocenters. The summed E-state index contributed by atoms with van der Waals surface area (Å²) in [5.41, 5.74) is 1.33. The summed E-state index contributed by atoms with van der Waals surface area (Å²) in [6.07, 6.45) is 3.77. The lowest BCUT2D eigenvalue weighted by Gasteiger charge is -2.07. The smallest absolute Gasteiger partial charge is 0.122 e. The standard InChI is InChI=1S/C17H21NOS/c1-2-16-9-10-17(20-16)12-19-15-7-3-13(4-8-15)11-18-14-5-6-14/h3-4,7-10,14,18H,2,5-6,11-12H2,1H3. The molecule has 0 saturated heterocycles. The third-order valence-electron chi connectivity index (χ3n) is 3.54. The van der Waals surface area contributed by atoms with Gasteiger partial charge in [0.2, 0.25) is 0 Å². The monoisotopic (exact) mass is 287 g/mol. The highest BCUT2D eigenvalue weighted by Gasteiger charge is 2.19. The number of rotatable bonds is 7. The minimum Gasteiger partial charge on any atom is -0.488 e. The second-order valence-electron chi connectivity index (χ2n) is 5.31. The van der Waals surface area contributed by atoms with Crippen LogP contribution in [0.15, 0.2) is 36.4 Å².